The minimum Gasteiger partial charge on any atom is -0.504 e. The van der Waals surface area contributed by atoms with Gasteiger partial charge in [0.1, 0.15) is 5.56 Å². The standard InChI is InChI=1S/C13H18O6/c1-4-7-8(13(16)17)9(14)10(15)12(19-6-3)11(7)18-5-2/h14-15H,4-6H2,1-3H3,(H,16,17). The van der Waals surface area contributed by atoms with Gasteiger partial charge in [0.15, 0.2) is 11.5 Å². The van der Waals surface area contributed by atoms with E-state index >= 15 is 0 Å². The molecule has 0 unspecified atom stereocenters. The first-order chi connectivity index (χ1) is 8.99. The molecule has 3 N–H and O–H groups in total. The number of benzene rings is 1. The van der Waals surface area contributed by atoms with Gasteiger partial charge >= 0.3 is 5.97 Å². The van der Waals surface area contributed by atoms with Crippen LogP contribution in [-0.2, 0) is 6.42 Å². The molecule has 1 aromatic rings. The monoisotopic (exact) mass is 270 g/mol. The number of aromatic hydroxyl groups is 2. The Kier molecular flexibility index (Phi) is 4.86. The van der Waals surface area contributed by atoms with E-state index in [2.05, 4.69) is 0 Å². The summed E-state index contributed by atoms with van der Waals surface area (Å²) in [5.74, 6) is -2.49. The fraction of sp³-hybridized carbons (Fsp3) is 0.462. The number of carboxylic acids is 1. The molecule has 0 fully saturated rings. The lowest BCUT2D eigenvalue weighted by molar-refractivity contribution is 0.0690. The highest BCUT2D eigenvalue weighted by atomic mass is 16.5. The second kappa shape index (κ2) is 6.17. The van der Waals surface area contributed by atoms with Crippen LogP contribution in [0.25, 0.3) is 0 Å². The zero-order valence-electron chi connectivity index (χ0n) is 11.2. The van der Waals surface area contributed by atoms with Crippen LogP contribution in [0.3, 0.4) is 0 Å². The van der Waals surface area contributed by atoms with Gasteiger partial charge in [0, 0.05) is 5.56 Å². The number of aromatic carboxylic acids is 1. The van der Waals surface area contributed by atoms with Gasteiger partial charge in [0.2, 0.25) is 11.5 Å². The molecule has 0 aliphatic heterocycles. The Hall–Kier alpha value is -2.11. The molecule has 6 nitrogen and oxygen atoms in total. The molecule has 1 rings (SSSR count). The minimum absolute atomic E-state index is 0.0244. The van der Waals surface area contributed by atoms with Crippen molar-refractivity contribution in [3.8, 4) is 23.0 Å². The van der Waals surface area contributed by atoms with E-state index in [1.54, 1.807) is 20.8 Å². The number of ether oxygens (including phenoxy) is 2. The Bertz CT molecular complexity index is 481. The molecule has 0 bridgehead atoms. The van der Waals surface area contributed by atoms with Gasteiger partial charge in [-0.05, 0) is 20.3 Å². The van der Waals surface area contributed by atoms with Crippen LogP contribution in [0, 0.1) is 0 Å². The summed E-state index contributed by atoms with van der Waals surface area (Å²) in [4.78, 5) is 11.2. The first-order valence-electron chi connectivity index (χ1n) is 6.09. The van der Waals surface area contributed by atoms with Crippen molar-refractivity contribution in [2.75, 3.05) is 13.2 Å². The predicted octanol–water partition coefficient (Wildman–Crippen LogP) is 2.16. The first kappa shape index (κ1) is 14.9. The highest BCUT2D eigenvalue weighted by Crippen LogP contribution is 2.48. The lowest BCUT2D eigenvalue weighted by Gasteiger charge is -2.19. The summed E-state index contributed by atoms with van der Waals surface area (Å²) in [6.07, 6.45) is 0.324. The van der Waals surface area contributed by atoms with Crippen molar-refractivity contribution < 1.29 is 29.6 Å². The fourth-order valence-corrected chi connectivity index (χ4v) is 1.87. The quantitative estimate of drug-likeness (QED) is 0.685. The summed E-state index contributed by atoms with van der Waals surface area (Å²) in [5, 5.41) is 28.8. The second-order valence-corrected chi connectivity index (χ2v) is 3.73. The number of phenols is 2. The summed E-state index contributed by atoms with van der Waals surface area (Å²) >= 11 is 0. The molecular weight excluding hydrogens is 252 g/mol. The fourth-order valence-electron chi connectivity index (χ4n) is 1.87. The minimum atomic E-state index is -1.33. The van der Waals surface area contributed by atoms with E-state index in [1.807, 2.05) is 0 Å². The van der Waals surface area contributed by atoms with Crippen LogP contribution in [0.1, 0.15) is 36.7 Å². The highest BCUT2D eigenvalue weighted by molar-refractivity contribution is 5.95. The molecule has 0 aromatic heterocycles. The van der Waals surface area contributed by atoms with Crippen LogP contribution < -0.4 is 9.47 Å². The van der Waals surface area contributed by atoms with E-state index in [4.69, 9.17) is 14.6 Å². The third-order valence-corrected chi connectivity index (χ3v) is 2.60. The maximum absolute atomic E-state index is 11.2. The molecule has 0 saturated heterocycles. The van der Waals surface area contributed by atoms with Crippen LogP contribution in [0.4, 0.5) is 0 Å². The SMILES string of the molecule is CCOc1c(O)c(O)c(C(=O)O)c(CC)c1OCC. The van der Waals surface area contributed by atoms with Gasteiger partial charge in [-0.2, -0.15) is 0 Å². The topological polar surface area (TPSA) is 96.2 Å². The molecular formula is C13H18O6. The normalized spacial score (nSPS) is 10.3. The third kappa shape index (κ3) is 2.67. The number of carboxylic acid groups (broad SMARTS) is 1. The molecule has 0 saturated carbocycles. The summed E-state index contributed by atoms with van der Waals surface area (Å²) in [6.45, 7) is 5.72. The van der Waals surface area contributed by atoms with Crippen molar-refractivity contribution in [2.24, 2.45) is 0 Å². The summed E-state index contributed by atoms with van der Waals surface area (Å²) < 4.78 is 10.6. The number of rotatable bonds is 6. The van der Waals surface area contributed by atoms with Crippen molar-refractivity contribution in [1.82, 2.24) is 0 Å². The maximum Gasteiger partial charge on any atom is 0.340 e. The van der Waals surface area contributed by atoms with Crippen LogP contribution >= 0.6 is 0 Å². The van der Waals surface area contributed by atoms with Crippen LogP contribution in [-0.4, -0.2) is 34.5 Å². The zero-order chi connectivity index (χ0) is 14.6. The van der Waals surface area contributed by atoms with Crippen molar-refractivity contribution in [3.05, 3.63) is 11.1 Å². The molecule has 0 heterocycles. The molecule has 0 atom stereocenters. The number of hydrogen-bond acceptors (Lipinski definition) is 5. The molecule has 0 aliphatic carbocycles. The van der Waals surface area contributed by atoms with E-state index < -0.39 is 17.5 Å². The van der Waals surface area contributed by atoms with Gasteiger partial charge in [-0.15, -0.1) is 0 Å². The molecule has 0 aliphatic rings. The van der Waals surface area contributed by atoms with E-state index in [0.29, 0.717) is 12.0 Å². The molecule has 0 radical (unpaired) electrons. The van der Waals surface area contributed by atoms with E-state index in [1.165, 1.54) is 0 Å². The maximum atomic E-state index is 11.2. The Balaban J connectivity index is 3.66. The molecule has 1 aromatic carbocycles. The van der Waals surface area contributed by atoms with Crippen LogP contribution in [0.15, 0.2) is 0 Å². The largest absolute Gasteiger partial charge is 0.504 e. The Morgan fingerprint density at radius 1 is 1.00 bits per heavy atom. The lowest BCUT2D eigenvalue weighted by atomic mass is 10.0. The average Bonchev–Trinajstić information content (AvgIpc) is 2.37. The Morgan fingerprint density at radius 3 is 1.95 bits per heavy atom. The van der Waals surface area contributed by atoms with Gasteiger partial charge in [0.25, 0.3) is 0 Å². The van der Waals surface area contributed by atoms with Gasteiger partial charge in [-0.1, -0.05) is 6.92 Å². The molecule has 19 heavy (non-hydrogen) atoms. The predicted molar refractivity (Wildman–Crippen MR) is 68.4 cm³/mol. The summed E-state index contributed by atoms with van der Waals surface area (Å²) in [5.41, 5.74) is -0.0556. The van der Waals surface area contributed by atoms with Gasteiger partial charge in [-0.3, -0.25) is 0 Å². The van der Waals surface area contributed by atoms with Crippen molar-refractivity contribution in [3.63, 3.8) is 0 Å². The van der Waals surface area contributed by atoms with Crippen molar-refractivity contribution in [1.29, 1.82) is 0 Å². The smallest absolute Gasteiger partial charge is 0.340 e. The number of carbonyl (C=O) groups is 1. The second-order valence-electron chi connectivity index (χ2n) is 3.73. The molecule has 6 heteroatoms. The van der Waals surface area contributed by atoms with Gasteiger partial charge in [-0.25, -0.2) is 4.79 Å². The van der Waals surface area contributed by atoms with E-state index in [-0.39, 0.29) is 30.3 Å². The molecule has 0 spiro atoms. The van der Waals surface area contributed by atoms with Gasteiger partial charge in [0.05, 0.1) is 13.2 Å². The first-order valence-corrected chi connectivity index (χ1v) is 6.09. The van der Waals surface area contributed by atoms with Crippen LogP contribution in [0.5, 0.6) is 23.0 Å². The summed E-state index contributed by atoms with van der Waals surface area (Å²) in [6, 6.07) is 0. The van der Waals surface area contributed by atoms with Crippen molar-refractivity contribution in [2.45, 2.75) is 27.2 Å². The van der Waals surface area contributed by atoms with E-state index in [0.717, 1.165) is 0 Å². The number of hydrogen-bond donors (Lipinski definition) is 3. The third-order valence-electron chi connectivity index (χ3n) is 2.60. The summed E-state index contributed by atoms with van der Waals surface area (Å²) in [7, 11) is 0. The number of phenolic OH excluding ortho intramolecular Hbond substituents is 1. The van der Waals surface area contributed by atoms with Crippen LogP contribution in [0.2, 0.25) is 0 Å². The van der Waals surface area contributed by atoms with E-state index in [9.17, 15) is 15.0 Å². The zero-order valence-corrected chi connectivity index (χ0v) is 11.2. The molecule has 106 valence electrons. The Morgan fingerprint density at radius 2 is 1.53 bits per heavy atom. The Labute approximate surface area is 111 Å². The molecule has 0 amide bonds. The highest BCUT2D eigenvalue weighted by Gasteiger charge is 2.28. The van der Waals surface area contributed by atoms with Crippen molar-refractivity contribution >= 4 is 5.97 Å². The van der Waals surface area contributed by atoms with Gasteiger partial charge < -0.3 is 24.8 Å². The average molecular weight is 270 g/mol. The lowest BCUT2D eigenvalue weighted by Crippen LogP contribution is -2.08.